The Hall–Kier alpha value is -2.45. The molecule has 23 heavy (non-hydrogen) atoms. The molecule has 0 amide bonds. The summed E-state index contributed by atoms with van der Waals surface area (Å²) < 4.78 is 0. The summed E-state index contributed by atoms with van der Waals surface area (Å²) in [5, 5.41) is 2.88. The van der Waals surface area contributed by atoms with Gasteiger partial charge in [0.2, 0.25) is 0 Å². The van der Waals surface area contributed by atoms with Crippen LogP contribution in [0.1, 0.15) is 11.1 Å². The normalized spacial score (nSPS) is 11.3. The summed E-state index contributed by atoms with van der Waals surface area (Å²) in [5.41, 5.74) is 6.20. The van der Waals surface area contributed by atoms with E-state index in [1.807, 2.05) is 12.3 Å². The maximum atomic E-state index is 6.63. The quantitative estimate of drug-likeness (QED) is 0.448. The second-order valence-electron chi connectivity index (χ2n) is 5.87. The van der Waals surface area contributed by atoms with Crippen LogP contribution in [0.15, 0.2) is 54.9 Å². The van der Waals surface area contributed by atoms with Gasteiger partial charge in [-0.25, -0.2) is 0 Å². The first-order valence-corrected chi connectivity index (χ1v) is 7.92. The van der Waals surface area contributed by atoms with Crippen molar-refractivity contribution in [1.82, 2.24) is 9.97 Å². The minimum absolute atomic E-state index is 0.680. The number of hydrogen-bond donors (Lipinski definition) is 0. The van der Waals surface area contributed by atoms with E-state index >= 15 is 0 Å². The molecule has 2 nitrogen and oxygen atoms in total. The van der Waals surface area contributed by atoms with Crippen LogP contribution in [0.4, 0.5) is 0 Å². The number of pyridine rings is 2. The molecule has 4 rings (SSSR count). The Labute approximate surface area is 139 Å². The highest BCUT2D eigenvalue weighted by Gasteiger charge is 2.11. The fraction of sp³-hybridized carbons (Fsp3) is 0.100. The number of fused-ring (bicyclic) bond motifs is 2. The molecular weight excluding hydrogens is 304 g/mol. The van der Waals surface area contributed by atoms with E-state index in [1.165, 1.54) is 11.1 Å². The van der Waals surface area contributed by atoms with Gasteiger partial charge in [-0.3, -0.25) is 9.97 Å². The van der Waals surface area contributed by atoms with Crippen molar-refractivity contribution in [2.24, 2.45) is 0 Å². The van der Waals surface area contributed by atoms with Gasteiger partial charge in [-0.15, -0.1) is 0 Å². The first kappa shape index (κ1) is 14.2. The molecule has 112 valence electrons. The number of aryl methyl sites for hydroxylation is 2. The van der Waals surface area contributed by atoms with Crippen LogP contribution in [0.5, 0.6) is 0 Å². The first-order chi connectivity index (χ1) is 11.1. The zero-order chi connectivity index (χ0) is 16.0. The largest absolute Gasteiger partial charge is 0.256 e. The van der Waals surface area contributed by atoms with Crippen LogP contribution >= 0.6 is 11.6 Å². The van der Waals surface area contributed by atoms with Gasteiger partial charge in [0.1, 0.15) is 0 Å². The molecule has 0 aliphatic carbocycles. The predicted molar refractivity (Wildman–Crippen MR) is 97.0 cm³/mol. The zero-order valence-corrected chi connectivity index (χ0v) is 13.7. The minimum Gasteiger partial charge on any atom is -0.256 e. The molecule has 0 bridgehead atoms. The van der Waals surface area contributed by atoms with Crippen LogP contribution in [0, 0.1) is 13.8 Å². The number of rotatable bonds is 1. The lowest BCUT2D eigenvalue weighted by Crippen LogP contribution is -1.89. The van der Waals surface area contributed by atoms with Gasteiger partial charge >= 0.3 is 0 Å². The molecule has 0 aliphatic rings. The lowest BCUT2D eigenvalue weighted by Gasteiger charge is -2.09. The SMILES string of the molecule is Cc1ccc2cc(-c3ccc4c(C)ccnc4c3Cl)cnc2c1. The van der Waals surface area contributed by atoms with Crippen LogP contribution in [0.2, 0.25) is 5.02 Å². The van der Waals surface area contributed by atoms with Gasteiger partial charge in [0.25, 0.3) is 0 Å². The molecule has 0 spiro atoms. The third-order valence-corrected chi connectivity index (χ3v) is 4.60. The van der Waals surface area contributed by atoms with Crippen molar-refractivity contribution in [2.75, 3.05) is 0 Å². The summed E-state index contributed by atoms with van der Waals surface area (Å²) in [6.45, 7) is 4.14. The maximum absolute atomic E-state index is 6.63. The van der Waals surface area contributed by atoms with Gasteiger partial charge in [-0.2, -0.15) is 0 Å². The van der Waals surface area contributed by atoms with Crippen molar-refractivity contribution < 1.29 is 0 Å². The average Bonchev–Trinajstić information content (AvgIpc) is 2.56. The summed E-state index contributed by atoms with van der Waals surface area (Å²) in [4.78, 5) is 9.03. The smallest absolute Gasteiger partial charge is 0.0897 e. The van der Waals surface area contributed by atoms with Gasteiger partial charge in [-0.1, -0.05) is 35.9 Å². The Morgan fingerprint density at radius 2 is 1.78 bits per heavy atom. The topological polar surface area (TPSA) is 25.8 Å². The van der Waals surface area contributed by atoms with E-state index in [-0.39, 0.29) is 0 Å². The molecule has 0 aliphatic heterocycles. The van der Waals surface area contributed by atoms with Gasteiger partial charge in [-0.05, 0) is 43.2 Å². The summed E-state index contributed by atoms with van der Waals surface area (Å²) in [6.07, 6.45) is 3.68. The Morgan fingerprint density at radius 1 is 0.913 bits per heavy atom. The molecule has 4 aromatic rings. The Balaban J connectivity index is 1.95. The second-order valence-corrected chi connectivity index (χ2v) is 6.25. The number of hydrogen-bond acceptors (Lipinski definition) is 2. The zero-order valence-electron chi connectivity index (χ0n) is 13.0. The molecule has 0 unspecified atom stereocenters. The minimum atomic E-state index is 0.680. The number of aromatic nitrogens is 2. The van der Waals surface area contributed by atoms with E-state index in [9.17, 15) is 0 Å². The fourth-order valence-electron chi connectivity index (χ4n) is 2.92. The van der Waals surface area contributed by atoms with Crippen LogP contribution in [-0.2, 0) is 0 Å². The van der Waals surface area contributed by atoms with Crippen molar-refractivity contribution in [3.8, 4) is 11.1 Å². The number of nitrogens with zero attached hydrogens (tertiary/aromatic N) is 2. The second kappa shape index (κ2) is 5.32. The molecule has 0 saturated carbocycles. The van der Waals surface area contributed by atoms with Crippen LogP contribution < -0.4 is 0 Å². The monoisotopic (exact) mass is 318 g/mol. The summed E-state index contributed by atoms with van der Waals surface area (Å²) in [6, 6.07) is 14.5. The third kappa shape index (κ3) is 2.36. The molecule has 2 aromatic heterocycles. The van der Waals surface area contributed by atoms with Gasteiger partial charge < -0.3 is 0 Å². The van der Waals surface area contributed by atoms with Crippen molar-refractivity contribution in [3.63, 3.8) is 0 Å². The lowest BCUT2D eigenvalue weighted by molar-refractivity contribution is 1.36. The molecular formula is C20H15ClN2. The van der Waals surface area contributed by atoms with Gasteiger partial charge in [0.05, 0.1) is 16.1 Å². The van der Waals surface area contributed by atoms with E-state index < -0.39 is 0 Å². The van der Waals surface area contributed by atoms with Crippen molar-refractivity contribution >= 4 is 33.4 Å². The van der Waals surface area contributed by atoms with Crippen molar-refractivity contribution in [1.29, 1.82) is 0 Å². The van der Waals surface area contributed by atoms with Crippen LogP contribution in [-0.4, -0.2) is 9.97 Å². The Bertz CT molecular complexity index is 1050. The molecule has 2 aromatic carbocycles. The molecule has 2 heterocycles. The average molecular weight is 319 g/mol. The third-order valence-electron chi connectivity index (χ3n) is 4.22. The molecule has 0 N–H and O–H groups in total. The summed E-state index contributed by atoms with van der Waals surface area (Å²) >= 11 is 6.63. The van der Waals surface area contributed by atoms with Gasteiger partial charge in [0.15, 0.2) is 0 Å². The van der Waals surface area contributed by atoms with E-state index in [0.29, 0.717) is 5.02 Å². The maximum Gasteiger partial charge on any atom is 0.0897 e. The highest BCUT2D eigenvalue weighted by Crippen LogP contribution is 2.35. The van der Waals surface area contributed by atoms with Gasteiger partial charge in [0, 0.05) is 34.3 Å². The number of halogens is 1. The standard InChI is InChI=1S/C20H15ClN2/c1-12-3-4-14-10-15(11-23-18(14)9-12)17-6-5-16-13(2)7-8-22-20(16)19(17)21/h3-11H,1-2H3. The van der Waals surface area contributed by atoms with Crippen LogP contribution in [0.25, 0.3) is 32.9 Å². The first-order valence-electron chi connectivity index (χ1n) is 7.54. The molecule has 0 fully saturated rings. The molecule has 0 saturated heterocycles. The molecule has 3 heteroatoms. The predicted octanol–water partition coefficient (Wildman–Crippen LogP) is 5.72. The molecule has 0 radical (unpaired) electrons. The van der Waals surface area contributed by atoms with E-state index in [2.05, 4.69) is 60.2 Å². The lowest BCUT2D eigenvalue weighted by atomic mass is 10.0. The fourth-order valence-corrected chi connectivity index (χ4v) is 3.25. The van der Waals surface area contributed by atoms with Crippen LogP contribution in [0.3, 0.4) is 0 Å². The van der Waals surface area contributed by atoms with E-state index in [4.69, 9.17) is 11.6 Å². The Morgan fingerprint density at radius 3 is 2.65 bits per heavy atom. The van der Waals surface area contributed by atoms with Crippen molar-refractivity contribution in [2.45, 2.75) is 13.8 Å². The number of benzene rings is 2. The molecule has 0 atom stereocenters. The van der Waals surface area contributed by atoms with E-state index in [0.717, 1.165) is 32.9 Å². The van der Waals surface area contributed by atoms with Crippen molar-refractivity contribution in [3.05, 3.63) is 71.0 Å². The Kier molecular flexibility index (Phi) is 3.28. The summed E-state index contributed by atoms with van der Waals surface area (Å²) in [5.74, 6) is 0. The van der Waals surface area contributed by atoms with E-state index in [1.54, 1.807) is 6.20 Å². The highest BCUT2D eigenvalue weighted by atomic mass is 35.5. The summed E-state index contributed by atoms with van der Waals surface area (Å²) in [7, 11) is 0. The highest BCUT2D eigenvalue weighted by molar-refractivity contribution is 6.38.